The summed E-state index contributed by atoms with van der Waals surface area (Å²) in [5, 5.41) is 2.52. The minimum atomic E-state index is -0.0767. The van der Waals surface area contributed by atoms with Crippen LogP contribution in [0.1, 0.15) is 25.0 Å². The highest BCUT2D eigenvalue weighted by Gasteiger charge is 2.35. The maximum absolute atomic E-state index is 2.42. The molecule has 0 radical (unpaired) electrons. The molecule has 0 fully saturated rings. The summed E-state index contributed by atoms with van der Waals surface area (Å²) in [5.74, 6) is 0. The summed E-state index contributed by atoms with van der Waals surface area (Å²) in [6.07, 6.45) is 0. The van der Waals surface area contributed by atoms with Crippen molar-refractivity contribution in [2.45, 2.75) is 19.3 Å². The molecule has 0 atom stereocenters. The maximum Gasteiger partial charge on any atom is 0.0619 e. The topological polar surface area (TPSA) is 8.17 Å². The smallest absolute Gasteiger partial charge is 0.0619 e. The Morgan fingerprint density at radius 2 is 1.06 bits per heavy atom. The Bertz CT molecular complexity index is 2430. The van der Waals surface area contributed by atoms with Gasteiger partial charge in [0, 0.05) is 44.5 Å². The number of benzene rings is 7. The minimum Gasteiger partial charge on any atom is -0.310 e. The summed E-state index contributed by atoms with van der Waals surface area (Å²) in [5.41, 5.74) is 14.8. The van der Waals surface area contributed by atoms with Crippen LogP contribution in [0.25, 0.3) is 49.7 Å². The highest BCUT2D eigenvalue weighted by Crippen LogP contribution is 2.50. The second kappa shape index (κ2) is 10.6. The molecule has 1 aliphatic rings. The van der Waals surface area contributed by atoms with Gasteiger partial charge in [-0.25, -0.2) is 0 Å². The van der Waals surface area contributed by atoms with Gasteiger partial charge in [0.05, 0.1) is 11.0 Å². The highest BCUT2D eigenvalue weighted by atomic mass is 15.1. The molecule has 2 heteroatoms. The molecule has 0 bridgehead atoms. The molecule has 2 nitrogen and oxygen atoms in total. The van der Waals surface area contributed by atoms with Crippen LogP contribution < -0.4 is 4.90 Å². The van der Waals surface area contributed by atoms with Gasteiger partial charge < -0.3 is 9.47 Å². The van der Waals surface area contributed by atoms with E-state index in [1.807, 2.05) is 0 Å². The molecule has 8 aromatic rings. The summed E-state index contributed by atoms with van der Waals surface area (Å²) < 4.78 is 2.42. The van der Waals surface area contributed by atoms with Gasteiger partial charge in [0.1, 0.15) is 0 Å². The molecule has 0 N–H and O–H groups in total. The van der Waals surface area contributed by atoms with E-state index in [1.165, 1.54) is 55.2 Å². The van der Waals surface area contributed by atoms with E-state index in [0.717, 1.165) is 22.7 Å². The van der Waals surface area contributed by atoms with Gasteiger partial charge in [-0.3, -0.25) is 0 Å². The molecule has 224 valence electrons. The van der Waals surface area contributed by atoms with Crippen molar-refractivity contribution in [2.24, 2.45) is 0 Å². The summed E-state index contributed by atoms with van der Waals surface area (Å²) in [6.45, 7) is 4.70. The zero-order chi connectivity index (χ0) is 31.5. The van der Waals surface area contributed by atoms with E-state index in [9.17, 15) is 0 Å². The van der Waals surface area contributed by atoms with Crippen molar-refractivity contribution >= 4 is 38.9 Å². The van der Waals surface area contributed by atoms with E-state index in [1.54, 1.807) is 0 Å². The molecular weight excluding hydrogens is 569 g/mol. The molecule has 9 rings (SSSR count). The first-order valence-corrected chi connectivity index (χ1v) is 16.4. The maximum atomic E-state index is 2.42. The van der Waals surface area contributed by atoms with E-state index in [0.29, 0.717) is 0 Å². The second-order valence-corrected chi connectivity index (χ2v) is 13.0. The van der Waals surface area contributed by atoms with Crippen LogP contribution in [0.4, 0.5) is 17.1 Å². The summed E-state index contributed by atoms with van der Waals surface area (Å²) in [7, 11) is 0. The number of para-hydroxylation sites is 4. The Morgan fingerprint density at radius 1 is 0.447 bits per heavy atom. The van der Waals surface area contributed by atoms with Gasteiger partial charge in [-0.05, 0) is 82.4 Å². The Labute approximate surface area is 275 Å². The number of anilines is 3. The SMILES string of the molecule is CC1(C)c2ccccc2-c2ccc(N(c3ccccc3)c3cccc(-c4cccc5c6ccccc6n(-c6ccccc6)c45)c3)cc21. The lowest BCUT2D eigenvalue weighted by atomic mass is 9.82. The van der Waals surface area contributed by atoms with Crippen molar-refractivity contribution in [2.75, 3.05) is 4.90 Å². The molecule has 0 saturated carbocycles. The standard InChI is InChI=1S/C45H34N2/c1-45(2)41-25-11-9-21-37(41)38-28-27-35(30-42(38)45)46(32-16-5-3-6-17-32)34-20-13-15-31(29-34)36-23-14-24-40-39-22-10-12-26-43(39)47(44(36)40)33-18-7-4-8-19-33/h3-30H,1-2H3. The van der Waals surface area contributed by atoms with Crippen molar-refractivity contribution in [3.05, 3.63) is 181 Å². The number of fused-ring (bicyclic) bond motifs is 6. The van der Waals surface area contributed by atoms with Crippen molar-refractivity contribution in [3.63, 3.8) is 0 Å². The van der Waals surface area contributed by atoms with Crippen LogP contribution >= 0.6 is 0 Å². The fourth-order valence-corrected chi connectivity index (χ4v) is 7.76. The quantitative estimate of drug-likeness (QED) is 0.190. The lowest BCUT2D eigenvalue weighted by Crippen LogP contribution is -2.16. The predicted octanol–water partition coefficient (Wildman–Crippen LogP) is 12.2. The number of nitrogens with zero attached hydrogens (tertiary/aromatic N) is 2. The fraction of sp³-hybridized carbons (Fsp3) is 0.0667. The number of hydrogen-bond donors (Lipinski definition) is 0. The van der Waals surface area contributed by atoms with Gasteiger partial charge in [0.15, 0.2) is 0 Å². The zero-order valence-corrected chi connectivity index (χ0v) is 26.6. The van der Waals surface area contributed by atoms with Gasteiger partial charge >= 0.3 is 0 Å². The molecule has 1 heterocycles. The monoisotopic (exact) mass is 602 g/mol. The zero-order valence-electron chi connectivity index (χ0n) is 26.6. The fourth-order valence-electron chi connectivity index (χ4n) is 7.76. The molecule has 7 aromatic carbocycles. The first-order chi connectivity index (χ1) is 23.1. The average Bonchev–Trinajstić information content (AvgIpc) is 3.58. The minimum absolute atomic E-state index is 0.0767. The second-order valence-electron chi connectivity index (χ2n) is 13.0. The summed E-state index contributed by atoms with van der Waals surface area (Å²) in [6, 6.07) is 61.8. The Hall–Kier alpha value is -5.86. The molecule has 0 unspecified atom stereocenters. The highest BCUT2D eigenvalue weighted by molar-refractivity contribution is 6.14. The first kappa shape index (κ1) is 27.5. The third kappa shape index (κ3) is 4.26. The van der Waals surface area contributed by atoms with Crippen molar-refractivity contribution in [1.82, 2.24) is 4.57 Å². The summed E-state index contributed by atoms with van der Waals surface area (Å²) >= 11 is 0. The molecule has 0 amide bonds. The number of hydrogen-bond acceptors (Lipinski definition) is 1. The Kier molecular flexibility index (Phi) is 6.20. The number of aromatic nitrogens is 1. The summed E-state index contributed by atoms with van der Waals surface area (Å²) in [4.78, 5) is 2.40. The van der Waals surface area contributed by atoms with Gasteiger partial charge in [-0.2, -0.15) is 0 Å². The van der Waals surface area contributed by atoms with Crippen molar-refractivity contribution in [3.8, 4) is 27.9 Å². The van der Waals surface area contributed by atoms with E-state index >= 15 is 0 Å². The van der Waals surface area contributed by atoms with Crippen LogP contribution in [0.15, 0.2) is 170 Å². The van der Waals surface area contributed by atoms with Crippen LogP contribution in [0.5, 0.6) is 0 Å². The lowest BCUT2D eigenvalue weighted by Gasteiger charge is -2.28. The van der Waals surface area contributed by atoms with Gasteiger partial charge in [-0.15, -0.1) is 0 Å². The van der Waals surface area contributed by atoms with E-state index < -0.39 is 0 Å². The molecular formula is C45H34N2. The van der Waals surface area contributed by atoms with Crippen LogP contribution in [-0.4, -0.2) is 4.57 Å². The average molecular weight is 603 g/mol. The van der Waals surface area contributed by atoms with Gasteiger partial charge in [0.2, 0.25) is 0 Å². The van der Waals surface area contributed by atoms with Gasteiger partial charge in [0.25, 0.3) is 0 Å². The first-order valence-electron chi connectivity index (χ1n) is 16.4. The Balaban J connectivity index is 1.25. The molecule has 47 heavy (non-hydrogen) atoms. The lowest BCUT2D eigenvalue weighted by molar-refractivity contribution is 0.660. The van der Waals surface area contributed by atoms with Crippen LogP contribution in [0.2, 0.25) is 0 Å². The van der Waals surface area contributed by atoms with Crippen molar-refractivity contribution < 1.29 is 0 Å². The molecule has 1 aliphatic carbocycles. The van der Waals surface area contributed by atoms with E-state index in [2.05, 4.69) is 193 Å². The third-order valence-electron chi connectivity index (χ3n) is 9.96. The molecule has 0 aliphatic heterocycles. The molecule has 0 saturated heterocycles. The van der Waals surface area contributed by atoms with Gasteiger partial charge in [-0.1, -0.05) is 129 Å². The number of rotatable bonds is 5. The van der Waals surface area contributed by atoms with Crippen LogP contribution in [0.3, 0.4) is 0 Å². The van der Waals surface area contributed by atoms with Crippen molar-refractivity contribution in [1.29, 1.82) is 0 Å². The molecule has 0 spiro atoms. The normalized spacial score (nSPS) is 13.1. The largest absolute Gasteiger partial charge is 0.310 e. The van der Waals surface area contributed by atoms with E-state index in [4.69, 9.17) is 0 Å². The molecule has 1 aromatic heterocycles. The third-order valence-corrected chi connectivity index (χ3v) is 9.96. The van der Waals surface area contributed by atoms with E-state index in [-0.39, 0.29) is 5.41 Å². The Morgan fingerprint density at radius 3 is 1.91 bits per heavy atom. The van der Waals surface area contributed by atoms with Crippen LogP contribution in [-0.2, 0) is 5.41 Å². The van der Waals surface area contributed by atoms with Crippen LogP contribution in [0, 0.1) is 0 Å². The predicted molar refractivity (Wildman–Crippen MR) is 198 cm³/mol.